The molecule has 0 aliphatic rings. The molecule has 4 heteroatoms. The number of hydrogen-bond acceptors (Lipinski definition) is 1. The first kappa shape index (κ1) is 13.6. The van der Waals surface area contributed by atoms with Crippen LogP contribution in [-0.2, 0) is 6.54 Å². The van der Waals surface area contributed by atoms with E-state index in [9.17, 15) is 13.2 Å². The van der Waals surface area contributed by atoms with Gasteiger partial charge in [0.1, 0.15) is 0 Å². The minimum atomic E-state index is -1.44. The lowest BCUT2D eigenvalue weighted by atomic mass is 9.98. The van der Waals surface area contributed by atoms with Crippen LogP contribution in [0.5, 0.6) is 0 Å². The molecule has 0 spiro atoms. The molecule has 0 aliphatic carbocycles. The van der Waals surface area contributed by atoms with E-state index < -0.39 is 17.5 Å². The van der Waals surface area contributed by atoms with E-state index >= 15 is 0 Å². The van der Waals surface area contributed by atoms with Crippen molar-refractivity contribution < 1.29 is 13.2 Å². The SMILES string of the molecule is CNCc1ccc(-c2cc(F)c(F)c(F)c2)c(C)c1. The number of nitrogens with one attached hydrogen (secondary N) is 1. The first-order chi connectivity index (χ1) is 9.02. The van der Waals surface area contributed by atoms with Crippen molar-refractivity contribution in [1.82, 2.24) is 5.32 Å². The van der Waals surface area contributed by atoms with Gasteiger partial charge in [-0.15, -0.1) is 0 Å². The summed E-state index contributed by atoms with van der Waals surface area (Å²) >= 11 is 0. The zero-order valence-electron chi connectivity index (χ0n) is 10.7. The van der Waals surface area contributed by atoms with E-state index in [2.05, 4.69) is 5.32 Å². The third-order valence-corrected chi connectivity index (χ3v) is 2.97. The van der Waals surface area contributed by atoms with Gasteiger partial charge in [0.05, 0.1) is 0 Å². The first-order valence-electron chi connectivity index (χ1n) is 5.92. The first-order valence-corrected chi connectivity index (χ1v) is 5.92. The van der Waals surface area contributed by atoms with Gasteiger partial charge in [-0.05, 0) is 48.4 Å². The number of benzene rings is 2. The monoisotopic (exact) mass is 265 g/mol. The lowest BCUT2D eigenvalue weighted by molar-refractivity contribution is 0.447. The van der Waals surface area contributed by atoms with E-state index in [4.69, 9.17) is 0 Å². The molecule has 1 nitrogen and oxygen atoms in total. The van der Waals surface area contributed by atoms with Gasteiger partial charge in [-0.3, -0.25) is 0 Å². The Morgan fingerprint density at radius 2 is 1.63 bits per heavy atom. The summed E-state index contributed by atoms with van der Waals surface area (Å²) in [5, 5.41) is 3.03. The van der Waals surface area contributed by atoms with Crippen LogP contribution in [0.15, 0.2) is 30.3 Å². The van der Waals surface area contributed by atoms with E-state index in [1.807, 2.05) is 26.1 Å². The molecule has 2 aromatic carbocycles. The standard InChI is InChI=1S/C15H14F3N/c1-9-5-10(8-19-2)3-4-12(9)11-6-13(16)15(18)14(17)7-11/h3-7,19H,8H2,1-2H3. The Bertz CT molecular complexity index is 585. The molecule has 0 unspecified atom stereocenters. The highest BCUT2D eigenvalue weighted by molar-refractivity contribution is 5.67. The van der Waals surface area contributed by atoms with E-state index in [1.54, 1.807) is 6.07 Å². The fourth-order valence-corrected chi connectivity index (χ4v) is 2.07. The Kier molecular flexibility index (Phi) is 3.90. The zero-order chi connectivity index (χ0) is 14.0. The molecule has 2 rings (SSSR count). The minimum Gasteiger partial charge on any atom is -0.316 e. The molecule has 0 heterocycles. The molecule has 0 aromatic heterocycles. The molecule has 0 bridgehead atoms. The average molecular weight is 265 g/mol. The molecular formula is C15H14F3N. The van der Waals surface area contributed by atoms with Crippen LogP contribution in [0.3, 0.4) is 0 Å². The molecule has 0 saturated heterocycles. The molecule has 0 aliphatic heterocycles. The molecule has 0 radical (unpaired) electrons. The maximum atomic E-state index is 13.2. The van der Waals surface area contributed by atoms with E-state index in [-0.39, 0.29) is 0 Å². The van der Waals surface area contributed by atoms with Gasteiger partial charge in [-0.2, -0.15) is 0 Å². The van der Waals surface area contributed by atoms with Crippen molar-refractivity contribution in [2.24, 2.45) is 0 Å². The quantitative estimate of drug-likeness (QED) is 0.832. The summed E-state index contributed by atoms with van der Waals surface area (Å²) < 4.78 is 39.4. The zero-order valence-corrected chi connectivity index (χ0v) is 10.7. The lowest BCUT2D eigenvalue weighted by Crippen LogP contribution is -2.05. The third-order valence-electron chi connectivity index (χ3n) is 2.97. The molecule has 0 saturated carbocycles. The van der Waals surface area contributed by atoms with Crippen molar-refractivity contribution in [3.63, 3.8) is 0 Å². The predicted molar refractivity (Wildman–Crippen MR) is 69.3 cm³/mol. The number of aryl methyl sites for hydroxylation is 1. The fraction of sp³-hybridized carbons (Fsp3) is 0.200. The van der Waals surface area contributed by atoms with Crippen molar-refractivity contribution in [2.75, 3.05) is 7.05 Å². The van der Waals surface area contributed by atoms with Gasteiger partial charge in [-0.1, -0.05) is 18.2 Å². The highest BCUT2D eigenvalue weighted by atomic mass is 19.2. The predicted octanol–water partition coefficient (Wildman–Crippen LogP) is 3.80. The van der Waals surface area contributed by atoms with Crippen molar-refractivity contribution in [2.45, 2.75) is 13.5 Å². The Morgan fingerprint density at radius 3 is 2.16 bits per heavy atom. The van der Waals surface area contributed by atoms with Crippen LogP contribution < -0.4 is 5.32 Å². The topological polar surface area (TPSA) is 12.0 Å². The number of rotatable bonds is 3. The molecule has 2 aromatic rings. The minimum absolute atomic E-state index is 0.338. The van der Waals surface area contributed by atoms with Crippen LogP contribution in [0.25, 0.3) is 11.1 Å². The van der Waals surface area contributed by atoms with Crippen LogP contribution in [0.1, 0.15) is 11.1 Å². The van der Waals surface area contributed by atoms with Crippen LogP contribution in [-0.4, -0.2) is 7.05 Å². The summed E-state index contributed by atoms with van der Waals surface area (Å²) in [6.07, 6.45) is 0. The highest BCUT2D eigenvalue weighted by Crippen LogP contribution is 2.27. The van der Waals surface area contributed by atoms with Crippen molar-refractivity contribution in [1.29, 1.82) is 0 Å². The molecule has 0 fully saturated rings. The highest BCUT2D eigenvalue weighted by Gasteiger charge is 2.12. The van der Waals surface area contributed by atoms with Gasteiger partial charge in [0, 0.05) is 6.54 Å². The molecule has 0 amide bonds. The van der Waals surface area contributed by atoms with Crippen LogP contribution in [0.4, 0.5) is 13.2 Å². The Hall–Kier alpha value is -1.81. The fourth-order valence-electron chi connectivity index (χ4n) is 2.07. The van der Waals surface area contributed by atoms with Gasteiger partial charge in [0.2, 0.25) is 0 Å². The largest absolute Gasteiger partial charge is 0.316 e. The van der Waals surface area contributed by atoms with Gasteiger partial charge in [-0.25, -0.2) is 13.2 Å². The summed E-state index contributed by atoms with van der Waals surface area (Å²) in [5.74, 6) is -3.78. The summed E-state index contributed by atoms with van der Waals surface area (Å²) in [6.45, 7) is 2.57. The van der Waals surface area contributed by atoms with Gasteiger partial charge < -0.3 is 5.32 Å². The second-order valence-electron chi connectivity index (χ2n) is 4.43. The van der Waals surface area contributed by atoms with E-state index in [1.165, 1.54) is 0 Å². The summed E-state index contributed by atoms with van der Waals surface area (Å²) in [7, 11) is 1.84. The summed E-state index contributed by atoms with van der Waals surface area (Å²) in [4.78, 5) is 0. The van der Waals surface area contributed by atoms with Crippen molar-refractivity contribution in [3.05, 3.63) is 58.9 Å². The third kappa shape index (κ3) is 2.79. The Morgan fingerprint density at radius 1 is 1.00 bits per heavy atom. The molecule has 100 valence electrons. The number of halogens is 3. The molecule has 0 atom stereocenters. The second kappa shape index (κ2) is 5.45. The smallest absolute Gasteiger partial charge is 0.194 e. The lowest BCUT2D eigenvalue weighted by Gasteiger charge is -2.09. The molecular weight excluding hydrogens is 251 g/mol. The van der Waals surface area contributed by atoms with Crippen molar-refractivity contribution in [3.8, 4) is 11.1 Å². The summed E-state index contributed by atoms with van der Waals surface area (Å²) in [6, 6.07) is 7.62. The number of hydrogen-bond donors (Lipinski definition) is 1. The second-order valence-corrected chi connectivity index (χ2v) is 4.43. The Balaban J connectivity index is 2.47. The average Bonchev–Trinajstić information content (AvgIpc) is 2.36. The molecule has 19 heavy (non-hydrogen) atoms. The van der Waals surface area contributed by atoms with E-state index in [0.29, 0.717) is 17.7 Å². The van der Waals surface area contributed by atoms with Crippen LogP contribution >= 0.6 is 0 Å². The maximum Gasteiger partial charge on any atom is 0.194 e. The van der Waals surface area contributed by atoms with Crippen molar-refractivity contribution >= 4 is 0 Å². The van der Waals surface area contributed by atoms with Gasteiger partial charge in [0.25, 0.3) is 0 Å². The van der Waals surface area contributed by atoms with Crippen LogP contribution in [0, 0.1) is 24.4 Å². The maximum absolute atomic E-state index is 13.2. The van der Waals surface area contributed by atoms with Gasteiger partial charge >= 0.3 is 0 Å². The molecule has 1 N–H and O–H groups in total. The van der Waals surface area contributed by atoms with Crippen LogP contribution in [0.2, 0.25) is 0 Å². The Labute approximate surface area is 110 Å². The normalized spacial score (nSPS) is 10.8. The van der Waals surface area contributed by atoms with E-state index in [0.717, 1.165) is 23.3 Å². The van der Waals surface area contributed by atoms with Gasteiger partial charge in [0.15, 0.2) is 17.5 Å². The summed E-state index contributed by atoms with van der Waals surface area (Å²) in [5.41, 5.74) is 2.99.